The van der Waals surface area contributed by atoms with Gasteiger partial charge in [-0.3, -0.25) is 4.68 Å². The van der Waals surface area contributed by atoms with Crippen molar-refractivity contribution in [1.29, 1.82) is 0 Å². The van der Waals surface area contributed by atoms with E-state index in [-0.39, 0.29) is 0 Å². The third-order valence-corrected chi connectivity index (χ3v) is 3.87. The van der Waals surface area contributed by atoms with E-state index in [0.717, 1.165) is 18.8 Å². The minimum absolute atomic E-state index is 0.335. The second-order valence-electron chi connectivity index (χ2n) is 5.47. The highest BCUT2D eigenvalue weighted by Crippen LogP contribution is 2.18. The maximum atomic E-state index is 4.51. The van der Waals surface area contributed by atoms with Gasteiger partial charge in [0.2, 0.25) is 0 Å². The fraction of sp³-hybridized carbons (Fsp3) is 0.471. The monoisotopic (exact) mass is 271 g/mol. The minimum Gasteiger partial charge on any atom is -0.309 e. The van der Waals surface area contributed by atoms with Crippen LogP contribution in [0, 0.1) is 6.92 Å². The van der Waals surface area contributed by atoms with E-state index in [9.17, 15) is 0 Å². The fourth-order valence-corrected chi connectivity index (χ4v) is 2.48. The van der Waals surface area contributed by atoms with Crippen LogP contribution in [0.3, 0.4) is 0 Å². The van der Waals surface area contributed by atoms with Crippen molar-refractivity contribution < 1.29 is 0 Å². The van der Waals surface area contributed by atoms with Crippen LogP contribution < -0.4 is 5.32 Å². The number of hydrogen-bond donors (Lipinski definition) is 1. The summed E-state index contributed by atoms with van der Waals surface area (Å²) in [6, 6.07) is 11.0. The van der Waals surface area contributed by atoms with E-state index in [4.69, 9.17) is 0 Å². The number of nitrogens with zero attached hydrogens (tertiary/aromatic N) is 2. The molecule has 0 saturated carbocycles. The van der Waals surface area contributed by atoms with Crippen molar-refractivity contribution in [2.24, 2.45) is 0 Å². The van der Waals surface area contributed by atoms with Gasteiger partial charge in [0, 0.05) is 30.9 Å². The molecule has 0 aliphatic carbocycles. The van der Waals surface area contributed by atoms with Crippen molar-refractivity contribution in [2.75, 3.05) is 6.54 Å². The molecule has 0 fully saturated rings. The summed E-state index contributed by atoms with van der Waals surface area (Å²) < 4.78 is 2.00. The molecule has 1 N–H and O–H groups in total. The van der Waals surface area contributed by atoms with Crippen LogP contribution in [-0.4, -0.2) is 16.3 Å². The Labute approximate surface area is 122 Å². The Morgan fingerprint density at radius 2 is 1.90 bits per heavy atom. The zero-order valence-corrected chi connectivity index (χ0v) is 12.9. The Morgan fingerprint density at radius 1 is 1.20 bits per heavy atom. The van der Waals surface area contributed by atoms with Crippen LogP contribution in [0.2, 0.25) is 0 Å². The molecule has 3 nitrogen and oxygen atoms in total. The zero-order chi connectivity index (χ0) is 14.5. The third-order valence-electron chi connectivity index (χ3n) is 3.87. The van der Waals surface area contributed by atoms with Crippen LogP contribution >= 0.6 is 0 Å². The highest BCUT2D eigenvalue weighted by Gasteiger charge is 2.13. The molecule has 1 aromatic heterocycles. The first kappa shape index (κ1) is 14.8. The van der Waals surface area contributed by atoms with Crippen LogP contribution in [0.25, 0.3) is 0 Å². The topological polar surface area (TPSA) is 29.9 Å². The summed E-state index contributed by atoms with van der Waals surface area (Å²) in [7, 11) is 0. The molecule has 2 unspecified atom stereocenters. The van der Waals surface area contributed by atoms with Crippen LogP contribution in [0.5, 0.6) is 0 Å². The maximum Gasteiger partial charge on any atom is 0.0641 e. The van der Waals surface area contributed by atoms with Gasteiger partial charge in [-0.05, 0) is 32.3 Å². The molecule has 3 heteroatoms. The van der Waals surface area contributed by atoms with Gasteiger partial charge in [0.15, 0.2) is 0 Å². The second-order valence-corrected chi connectivity index (χ2v) is 5.47. The summed E-state index contributed by atoms with van der Waals surface area (Å²) in [6.07, 6.45) is 2.15. The predicted molar refractivity (Wildman–Crippen MR) is 83.9 cm³/mol. The van der Waals surface area contributed by atoms with Crippen LogP contribution in [0.4, 0.5) is 0 Å². The number of aryl methyl sites for hydroxylation is 2. The van der Waals surface area contributed by atoms with Crippen molar-refractivity contribution in [2.45, 2.75) is 46.2 Å². The van der Waals surface area contributed by atoms with Gasteiger partial charge in [-0.25, -0.2) is 0 Å². The molecule has 2 aromatic rings. The van der Waals surface area contributed by atoms with E-state index in [1.807, 2.05) is 4.68 Å². The molecule has 0 aliphatic rings. The lowest BCUT2D eigenvalue weighted by molar-refractivity contribution is 0.535. The van der Waals surface area contributed by atoms with E-state index < -0.39 is 0 Å². The van der Waals surface area contributed by atoms with Crippen LogP contribution in [0.1, 0.15) is 49.6 Å². The summed E-state index contributed by atoms with van der Waals surface area (Å²) in [6.45, 7) is 10.6. The lowest BCUT2D eigenvalue weighted by Gasteiger charge is -2.17. The van der Waals surface area contributed by atoms with Gasteiger partial charge in [0.1, 0.15) is 0 Å². The van der Waals surface area contributed by atoms with Crippen molar-refractivity contribution in [3.63, 3.8) is 0 Å². The summed E-state index contributed by atoms with van der Waals surface area (Å²) in [4.78, 5) is 0. The number of hydrogen-bond acceptors (Lipinski definition) is 2. The molecule has 108 valence electrons. The minimum atomic E-state index is 0.335. The van der Waals surface area contributed by atoms with Gasteiger partial charge in [0.05, 0.1) is 5.69 Å². The van der Waals surface area contributed by atoms with Crippen molar-refractivity contribution >= 4 is 0 Å². The molecule has 0 bridgehead atoms. The SMILES string of the molecule is CCn1cc(C(C)NCC(C)c2ccccc2)c(C)n1. The predicted octanol–water partition coefficient (Wildman–Crippen LogP) is 3.67. The zero-order valence-electron chi connectivity index (χ0n) is 12.9. The molecule has 1 heterocycles. The smallest absolute Gasteiger partial charge is 0.0641 e. The Morgan fingerprint density at radius 3 is 2.50 bits per heavy atom. The summed E-state index contributed by atoms with van der Waals surface area (Å²) in [5.41, 5.74) is 3.81. The quantitative estimate of drug-likeness (QED) is 0.869. The first-order valence-electron chi connectivity index (χ1n) is 7.44. The van der Waals surface area contributed by atoms with Crippen molar-refractivity contribution in [3.8, 4) is 0 Å². The molecule has 0 spiro atoms. The van der Waals surface area contributed by atoms with Gasteiger partial charge in [0.25, 0.3) is 0 Å². The molecular weight excluding hydrogens is 246 g/mol. The largest absolute Gasteiger partial charge is 0.309 e. The standard InChI is InChI=1S/C17H25N3/c1-5-20-12-17(15(4)19-20)14(3)18-11-13(2)16-9-7-6-8-10-16/h6-10,12-14,18H,5,11H2,1-4H3. The first-order chi connectivity index (χ1) is 9.61. The molecule has 0 amide bonds. The van der Waals surface area contributed by atoms with Crippen LogP contribution in [0.15, 0.2) is 36.5 Å². The van der Waals surface area contributed by atoms with E-state index in [0.29, 0.717) is 12.0 Å². The number of aromatic nitrogens is 2. The Balaban J connectivity index is 1.94. The Hall–Kier alpha value is -1.61. The molecule has 0 aliphatic heterocycles. The van der Waals surface area contributed by atoms with E-state index in [1.54, 1.807) is 0 Å². The molecule has 1 aromatic carbocycles. The average molecular weight is 271 g/mol. The van der Waals surface area contributed by atoms with Crippen molar-refractivity contribution in [1.82, 2.24) is 15.1 Å². The highest BCUT2D eigenvalue weighted by molar-refractivity contribution is 5.21. The van der Waals surface area contributed by atoms with Gasteiger partial charge in [-0.1, -0.05) is 37.3 Å². The third kappa shape index (κ3) is 3.48. The van der Waals surface area contributed by atoms with Crippen molar-refractivity contribution in [3.05, 3.63) is 53.3 Å². The Kier molecular flexibility index (Phi) is 4.96. The summed E-state index contributed by atoms with van der Waals surface area (Å²) in [5.74, 6) is 0.514. The Bertz CT molecular complexity index is 530. The number of benzene rings is 1. The lowest BCUT2D eigenvalue weighted by atomic mass is 10.0. The summed E-state index contributed by atoms with van der Waals surface area (Å²) in [5, 5.41) is 8.13. The second kappa shape index (κ2) is 6.71. The summed E-state index contributed by atoms with van der Waals surface area (Å²) >= 11 is 0. The molecule has 2 atom stereocenters. The van der Waals surface area contributed by atoms with Gasteiger partial charge < -0.3 is 5.32 Å². The van der Waals surface area contributed by atoms with E-state index in [2.05, 4.69) is 74.6 Å². The van der Waals surface area contributed by atoms with Gasteiger partial charge >= 0.3 is 0 Å². The lowest BCUT2D eigenvalue weighted by Crippen LogP contribution is -2.23. The number of nitrogens with one attached hydrogen (secondary N) is 1. The average Bonchev–Trinajstić information content (AvgIpc) is 2.86. The number of rotatable bonds is 6. The maximum absolute atomic E-state index is 4.51. The molecule has 2 rings (SSSR count). The molecule has 0 radical (unpaired) electrons. The van der Waals surface area contributed by atoms with Crippen LogP contribution in [-0.2, 0) is 6.54 Å². The molecular formula is C17H25N3. The van der Waals surface area contributed by atoms with E-state index >= 15 is 0 Å². The highest BCUT2D eigenvalue weighted by atomic mass is 15.3. The molecule has 20 heavy (non-hydrogen) atoms. The first-order valence-corrected chi connectivity index (χ1v) is 7.44. The van der Waals surface area contributed by atoms with E-state index in [1.165, 1.54) is 11.1 Å². The molecule has 0 saturated heterocycles. The van der Waals surface area contributed by atoms with Gasteiger partial charge in [-0.2, -0.15) is 5.10 Å². The fourth-order valence-electron chi connectivity index (χ4n) is 2.48. The normalized spacial score (nSPS) is 14.2. The van der Waals surface area contributed by atoms with Gasteiger partial charge in [-0.15, -0.1) is 0 Å².